The third-order valence-corrected chi connectivity index (χ3v) is 6.26. The highest BCUT2D eigenvalue weighted by Gasteiger charge is 2.41. The maximum Gasteiger partial charge on any atom is 0.323 e. The molecule has 0 aliphatic carbocycles. The zero-order valence-electron chi connectivity index (χ0n) is 18.4. The lowest BCUT2D eigenvalue weighted by molar-refractivity contribution is 0.117. The van der Waals surface area contributed by atoms with Gasteiger partial charge in [0, 0.05) is 22.9 Å². The van der Waals surface area contributed by atoms with E-state index < -0.39 is 17.1 Å². The number of rotatable bonds is 4. The summed E-state index contributed by atoms with van der Waals surface area (Å²) in [5, 5.41) is 16.4. The molecule has 0 saturated heterocycles. The van der Waals surface area contributed by atoms with Crippen molar-refractivity contribution in [3.8, 4) is 11.1 Å². The van der Waals surface area contributed by atoms with Gasteiger partial charge in [-0.1, -0.05) is 11.2 Å². The van der Waals surface area contributed by atoms with E-state index in [1.807, 2.05) is 0 Å². The Kier molecular flexibility index (Phi) is 5.22. The molecule has 1 unspecified atom stereocenters. The van der Waals surface area contributed by atoms with E-state index in [1.165, 1.54) is 19.2 Å². The lowest BCUT2D eigenvalue weighted by Gasteiger charge is -2.30. The number of aliphatic hydroxyl groups is 1. The fourth-order valence-corrected chi connectivity index (χ4v) is 4.84. The summed E-state index contributed by atoms with van der Waals surface area (Å²) in [6.45, 7) is 5.08. The molecule has 0 aliphatic heterocycles. The number of hydrogen-bond acceptors (Lipinski definition) is 6. The van der Waals surface area contributed by atoms with Crippen molar-refractivity contribution < 1.29 is 14.0 Å². The lowest BCUT2D eigenvalue weighted by Crippen LogP contribution is -2.32. The van der Waals surface area contributed by atoms with E-state index in [0.717, 1.165) is 0 Å². The lowest BCUT2D eigenvalue weighted by atomic mass is 9.81. The van der Waals surface area contributed by atoms with E-state index >= 15 is 4.39 Å². The Morgan fingerprint density at radius 3 is 2.56 bits per heavy atom. The van der Waals surface area contributed by atoms with Crippen LogP contribution in [0.2, 0.25) is 0 Å². The van der Waals surface area contributed by atoms with Gasteiger partial charge in [-0.25, -0.2) is 14.2 Å². The maximum atomic E-state index is 15.6. The van der Waals surface area contributed by atoms with Gasteiger partial charge in [-0.15, -0.1) is 0 Å². The Morgan fingerprint density at radius 1 is 1.09 bits per heavy atom. The number of nitrogens with one attached hydrogen (secondary N) is 2. The molecular weight excluding hydrogens is 505 g/mol. The number of benzene rings is 1. The zero-order chi connectivity index (χ0) is 24.2. The van der Waals surface area contributed by atoms with Crippen LogP contribution in [-0.2, 0) is 5.60 Å². The average Bonchev–Trinajstić information content (AvgIpc) is 3.35. The van der Waals surface area contributed by atoms with Gasteiger partial charge in [-0.3, -0.25) is 4.98 Å². The predicted molar refractivity (Wildman–Crippen MR) is 127 cm³/mol. The molecule has 0 saturated carbocycles. The highest BCUT2D eigenvalue weighted by molar-refractivity contribution is 9.10. The van der Waals surface area contributed by atoms with Crippen molar-refractivity contribution >= 4 is 27.0 Å². The number of aromatic nitrogens is 5. The first-order valence-corrected chi connectivity index (χ1v) is 11.2. The monoisotopic (exact) mass is 523 g/mol. The second-order valence-corrected chi connectivity index (χ2v) is 8.85. The Morgan fingerprint density at radius 2 is 1.88 bits per heavy atom. The van der Waals surface area contributed by atoms with Crippen LogP contribution < -0.4 is 5.69 Å². The summed E-state index contributed by atoms with van der Waals surface area (Å²) in [5.74, 6) is -0.124. The first kappa shape index (κ1) is 22.2. The van der Waals surface area contributed by atoms with E-state index in [4.69, 9.17) is 4.52 Å². The molecule has 0 radical (unpaired) electrons. The van der Waals surface area contributed by atoms with Crippen LogP contribution >= 0.6 is 15.9 Å². The average molecular weight is 524 g/mol. The molecule has 5 aromatic rings. The number of aromatic amines is 2. The van der Waals surface area contributed by atoms with Crippen molar-refractivity contribution in [2.45, 2.75) is 26.4 Å². The van der Waals surface area contributed by atoms with Crippen LogP contribution in [0, 0.1) is 26.6 Å². The molecular formula is C24H19BrFN5O3. The molecule has 5 rings (SSSR count). The van der Waals surface area contributed by atoms with Crippen LogP contribution in [-0.4, -0.2) is 30.2 Å². The second-order valence-electron chi connectivity index (χ2n) is 8.04. The minimum atomic E-state index is -2.08. The fourth-order valence-electron chi connectivity index (χ4n) is 4.35. The zero-order valence-corrected chi connectivity index (χ0v) is 20.0. The van der Waals surface area contributed by atoms with Crippen LogP contribution in [0.5, 0.6) is 0 Å². The van der Waals surface area contributed by atoms with Gasteiger partial charge in [0.15, 0.2) is 11.4 Å². The number of imidazole rings is 1. The van der Waals surface area contributed by atoms with Gasteiger partial charge in [-0.05, 0) is 72.6 Å². The molecule has 8 nitrogen and oxygen atoms in total. The van der Waals surface area contributed by atoms with Gasteiger partial charge >= 0.3 is 5.69 Å². The summed E-state index contributed by atoms with van der Waals surface area (Å²) in [6.07, 6.45) is 1.51. The smallest absolute Gasteiger partial charge is 0.323 e. The van der Waals surface area contributed by atoms with Crippen molar-refractivity contribution in [1.82, 2.24) is 25.1 Å². The molecule has 172 valence electrons. The summed E-state index contributed by atoms with van der Waals surface area (Å²) in [5.41, 5.74) is 0.604. The van der Waals surface area contributed by atoms with Gasteiger partial charge in [-0.2, -0.15) is 0 Å². The van der Waals surface area contributed by atoms with E-state index in [2.05, 4.69) is 41.0 Å². The molecule has 1 aromatic carbocycles. The van der Waals surface area contributed by atoms with Crippen molar-refractivity contribution in [2.24, 2.45) is 0 Å². The predicted octanol–water partition coefficient (Wildman–Crippen LogP) is 4.41. The van der Waals surface area contributed by atoms with Crippen molar-refractivity contribution in [3.05, 3.63) is 97.5 Å². The van der Waals surface area contributed by atoms with E-state index in [-0.39, 0.29) is 22.5 Å². The third-order valence-electron chi connectivity index (χ3n) is 5.85. The third kappa shape index (κ3) is 3.37. The first-order valence-electron chi connectivity index (χ1n) is 10.4. The Bertz CT molecular complexity index is 1590. The summed E-state index contributed by atoms with van der Waals surface area (Å²) in [6, 6.07) is 9.85. The Labute approximate surface area is 201 Å². The number of pyridine rings is 2. The topological polar surface area (TPSA) is 121 Å². The van der Waals surface area contributed by atoms with Gasteiger partial charge in [0.05, 0.1) is 28.1 Å². The van der Waals surface area contributed by atoms with Crippen molar-refractivity contribution in [3.63, 3.8) is 0 Å². The van der Waals surface area contributed by atoms with Gasteiger partial charge in [0.25, 0.3) is 0 Å². The highest BCUT2D eigenvalue weighted by Crippen LogP contribution is 2.43. The Hall–Kier alpha value is -3.63. The van der Waals surface area contributed by atoms with Crippen LogP contribution in [0.4, 0.5) is 4.39 Å². The van der Waals surface area contributed by atoms with Gasteiger partial charge < -0.3 is 19.6 Å². The summed E-state index contributed by atoms with van der Waals surface area (Å²) in [7, 11) is 0. The quantitative estimate of drug-likeness (QED) is 0.300. The molecule has 0 amide bonds. The number of hydrogen-bond donors (Lipinski definition) is 3. The molecule has 0 spiro atoms. The van der Waals surface area contributed by atoms with Crippen LogP contribution in [0.25, 0.3) is 22.2 Å². The highest BCUT2D eigenvalue weighted by atomic mass is 79.9. The summed E-state index contributed by atoms with van der Waals surface area (Å²) < 4.78 is 21.3. The van der Waals surface area contributed by atoms with E-state index in [9.17, 15) is 9.90 Å². The number of fused-ring (bicyclic) bond motifs is 1. The van der Waals surface area contributed by atoms with Gasteiger partial charge in [0.1, 0.15) is 10.4 Å². The number of H-pyrrole nitrogens is 2. The largest absolute Gasteiger partial charge is 0.374 e. The van der Waals surface area contributed by atoms with E-state index in [0.29, 0.717) is 38.2 Å². The van der Waals surface area contributed by atoms with Crippen molar-refractivity contribution in [1.29, 1.82) is 0 Å². The fraction of sp³-hybridized carbons (Fsp3) is 0.167. The van der Waals surface area contributed by atoms with Crippen LogP contribution in [0.1, 0.15) is 34.0 Å². The molecule has 4 aromatic heterocycles. The minimum Gasteiger partial charge on any atom is -0.374 e. The number of nitrogens with zero attached hydrogens (tertiary/aromatic N) is 3. The van der Waals surface area contributed by atoms with E-state index in [1.54, 1.807) is 44.2 Å². The molecule has 0 fully saturated rings. The standard InChI is InChI=1S/C24H19BrFN5O3/c1-11-20(13(3)34-31-11)14-8-16(22-17(9-14)29-23(32)30-22)24(33,18-6-4-5-7-27-18)15-10-19(25)28-12(2)21(15)26/h4-10,33H,1-3H3,(H2,29,30,32). The summed E-state index contributed by atoms with van der Waals surface area (Å²) in [4.78, 5) is 26.3. The van der Waals surface area contributed by atoms with Crippen LogP contribution in [0.3, 0.4) is 0 Å². The van der Waals surface area contributed by atoms with Crippen LogP contribution in [0.15, 0.2) is 56.5 Å². The summed E-state index contributed by atoms with van der Waals surface area (Å²) >= 11 is 3.31. The molecule has 10 heteroatoms. The minimum absolute atomic E-state index is 0.0650. The molecule has 4 heterocycles. The molecule has 0 bridgehead atoms. The molecule has 1 atom stereocenters. The molecule has 34 heavy (non-hydrogen) atoms. The molecule has 0 aliphatic rings. The molecule has 3 N–H and O–H groups in total. The number of halogens is 2. The SMILES string of the molecule is Cc1nc(Br)cc(C(O)(c2ccccn2)c2cc(-c3c(C)noc3C)cc3[nH]c(=O)[nH]c23)c1F. The van der Waals surface area contributed by atoms with Gasteiger partial charge in [0.2, 0.25) is 0 Å². The normalized spacial score (nSPS) is 13.4. The number of aryl methyl sites for hydroxylation is 3. The maximum absolute atomic E-state index is 15.6. The Balaban J connectivity index is 1.94. The second kappa shape index (κ2) is 8.00. The first-order chi connectivity index (χ1) is 16.2. The van der Waals surface area contributed by atoms with Crippen molar-refractivity contribution in [2.75, 3.05) is 0 Å².